The lowest BCUT2D eigenvalue weighted by atomic mass is 10.1. The van der Waals surface area contributed by atoms with Crippen molar-refractivity contribution in [2.45, 2.75) is 13.1 Å². The van der Waals surface area contributed by atoms with E-state index < -0.39 is 0 Å². The van der Waals surface area contributed by atoms with Gasteiger partial charge in [0, 0.05) is 22.6 Å². The topological polar surface area (TPSA) is 137 Å². The minimum Gasteiger partial charge on any atom is -0.382 e. The summed E-state index contributed by atoms with van der Waals surface area (Å²) in [5.41, 5.74) is 21.5. The van der Waals surface area contributed by atoms with Gasteiger partial charge >= 0.3 is 0 Å². The standard InChI is InChI=1S/C15H15ClN8/c16-9-1-7-3-10(4-17)22-11(7)8(2-9)5-24-14-12(23-15(24)19)13(18)20-6-21-14/h1-3,6,22H,4-5,17H2,(H2,19,23)(H2,18,20,21). The first-order valence-corrected chi connectivity index (χ1v) is 7.67. The van der Waals surface area contributed by atoms with Gasteiger partial charge in [-0.2, -0.15) is 0 Å². The van der Waals surface area contributed by atoms with Crippen LogP contribution in [0.5, 0.6) is 0 Å². The van der Waals surface area contributed by atoms with Gasteiger partial charge in [0.25, 0.3) is 0 Å². The molecular weight excluding hydrogens is 328 g/mol. The lowest BCUT2D eigenvalue weighted by Crippen LogP contribution is -2.06. The Balaban J connectivity index is 1.90. The van der Waals surface area contributed by atoms with Crippen LogP contribution < -0.4 is 17.2 Å². The molecule has 0 radical (unpaired) electrons. The second-order valence-corrected chi connectivity index (χ2v) is 5.95. The first kappa shape index (κ1) is 14.7. The molecule has 0 aliphatic heterocycles. The van der Waals surface area contributed by atoms with Crippen LogP contribution >= 0.6 is 11.6 Å². The molecule has 3 aromatic heterocycles. The van der Waals surface area contributed by atoms with E-state index in [0.29, 0.717) is 41.0 Å². The number of rotatable bonds is 3. The molecular formula is C15H15ClN8. The van der Waals surface area contributed by atoms with Crippen molar-refractivity contribution >= 4 is 45.4 Å². The van der Waals surface area contributed by atoms with E-state index in [4.69, 9.17) is 28.8 Å². The van der Waals surface area contributed by atoms with Crippen LogP contribution in [0.4, 0.5) is 11.8 Å². The highest BCUT2D eigenvalue weighted by molar-refractivity contribution is 6.31. The van der Waals surface area contributed by atoms with E-state index in [1.807, 2.05) is 18.2 Å². The zero-order valence-corrected chi connectivity index (χ0v) is 13.4. The molecule has 0 unspecified atom stereocenters. The molecule has 9 heteroatoms. The summed E-state index contributed by atoms with van der Waals surface area (Å²) in [6.07, 6.45) is 1.39. The van der Waals surface area contributed by atoms with E-state index in [-0.39, 0.29) is 0 Å². The number of aromatic nitrogens is 5. The van der Waals surface area contributed by atoms with Crippen LogP contribution in [0.2, 0.25) is 5.02 Å². The number of anilines is 2. The van der Waals surface area contributed by atoms with E-state index >= 15 is 0 Å². The van der Waals surface area contributed by atoms with Gasteiger partial charge in [-0.1, -0.05) is 11.6 Å². The molecule has 24 heavy (non-hydrogen) atoms. The van der Waals surface area contributed by atoms with Crippen LogP contribution in [0.1, 0.15) is 11.3 Å². The van der Waals surface area contributed by atoms with Crippen LogP contribution in [0.3, 0.4) is 0 Å². The lowest BCUT2D eigenvalue weighted by molar-refractivity contribution is 0.830. The Morgan fingerprint density at radius 2 is 2.00 bits per heavy atom. The van der Waals surface area contributed by atoms with Gasteiger partial charge < -0.3 is 22.2 Å². The second kappa shape index (κ2) is 5.36. The molecule has 0 saturated heterocycles. The predicted octanol–water partition coefficient (Wildman–Crippen LogP) is 1.63. The van der Waals surface area contributed by atoms with Crippen molar-refractivity contribution in [3.8, 4) is 0 Å². The summed E-state index contributed by atoms with van der Waals surface area (Å²) in [6, 6.07) is 5.77. The zero-order valence-electron chi connectivity index (χ0n) is 12.6. The summed E-state index contributed by atoms with van der Waals surface area (Å²) in [4.78, 5) is 15.8. The van der Waals surface area contributed by atoms with Crippen LogP contribution in [0.25, 0.3) is 22.1 Å². The van der Waals surface area contributed by atoms with Gasteiger partial charge in [-0.25, -0.2) is 15.0 Å². The van der Waals surface area contributed by atoms with E-state index in [0.717, 1.165) is 22.2 Å². The van der Waals surface area contributed by atoms with Crippen LogP contribution in [0.15, 0.2) is 24.5 Å². The summed E-state index contributed by atoms with van der Waals surface area (Å²) in [6.45, 7) is 0.867. The third-order valence-electron chi connectivity index (χ3n) is 3.97. The summed E-state index contributed by atoms with van der Waals surface area (Å²) < 4.78 is 1.78. The van der Waals surface area contributed by atoms with Crippen molar-refractivity contribution in [3.63, 3.8) is 0 Å². The van der Waals surface area contributed by atoms with Crippen molar-refractivity contribution in [2.24, 2.45) is 5.73 Å². The number of nitrogens with two attached hydrogens (primary N) is 3. The minimum atomic E-state index is 0.298. The normalized spacial score (nSPS) is 11.6. The number of halogens is 1. The zero-order chi connectivity index (χ0) is 16.8. The largest absolute Gasteiger partial charge is 0.382 e. The van der Waals surface area contributed by atoms with Crippen LogP contribution in [0, 0.1) is 0 Å². The number of nitrogen functional groups attached to an aromatic ring is 2. The fraction of sp³-hybridized carbons (Fsp3) is 0.133. The quantitative estimate of drug-likeness (QED) is 0.446. The predicted molar refractivity (Wildman–Crippen MR) is 94.4 cm³/mol. The third kappa shape index (κ3) is 2.24. The number of hydrogen-bond donors (Lipinski definition) is 4. The van der Waals surface area contributed by atoms with Gasteiger partial charge in [0.15, 0.2) is 17.0 Å². The fourth-order valence-electron chi connectivity index (χ4n) is 2.87. The Hall–Kier alpha value is -2.84. The van der Waals surface area contributed by atoms with Crippen LogP contribution in [-0.4, -0.2) is 24.5 Å². The highest BCUT2D eigenvalue weighted by atomic mass is 35.5. The average molecular weight is 343 g/mol. The Labute approximate surface area is 141 Å². The number of hydrogen-bond acceptors (Lipinski definition) is 6. The van der Waals surface area contributed by atoms with E-state index in [1.54, 1.807) is 4.57 Å². The minimum absolute atomic E-state index is 0.298. The van der Waals surface area contributed by atoms with E-state index in [9.17, 15) is 0 Å². The van der Waals surface area contributed by atoms with Crippen LogP contribution in [-0.2, 0) is 13.1 Å². The van der Waals surface area contributed by atoms with Crippen molar-refractivity contribution in [2.75, 3.05) is 11.5 Å². The Morgan fingerprint density at radius 1 is 1.17 bits per heavy atom. The van der Waals surface area contributed by atoms with Gasteiger partial charge in [-0.15, -0.1) is 0 Å². The molecule has 0 spiro atoms. The van der Waals surface area contributed by atoms with Gasteiger partial charge in [0.05, 0.1) is 12.1 Å². The highest BCUT2D eigenvalue weighted by Crippen LogP contribution is 2.27. The van der Waals surface area contributed by atoms with Crippen molar-refractivity contribution < 1.29 is 0 Å². The summed E-state index contributed by atoms with van der Waals surface area (Å²) >= 11 is 6.25. The molecule has 0 atom stereocenters. The SMILES string of the molecule is NCc1cc2cc(Cl)cc(Cn3c(N)nc4c(N)ncnc43)c2[nH]1. The third-order valence-corrected chi connectivity index (χ3v) is 4.19. The highest BCUT2D eigenvalue weighted by Gasteiger charge is 2.15. The Morgan fingerprint density at radius 3 is 2.79 bits per heavy atom. The first-order valence-electron chi connectivity index (χ1n) is 7.29. The molecule has 0 saturated carbocycles. The molecule has 1 aromatic carbocycles. The Kier molecular flexibility index (Phi) is 3.29. The molecule has 4 rings (SSSR count). The first-order chi connectivity index (χ1) is 11.6. The van der Waals surface area contributed by atoms with Crippen molar-refractivity contribution in [1.29, 1.82) is 0 Å². The van der Waals surface area contributed by atoms with E-state index in [2.05, 4.69) is 19.9 Å². The molecule has 8 nitrogen and oxygen atoms in total. The molecule has 122 valence electrons. The average Bonchev–Trinajstić information content (AvgIpc) is 3.10. The van der Waals surface area contributed by atoms with Gasteiger partial charge in [0.1, 0.15) is 6.33 Å². The number of nitrogens with zero attached hydrogens (tertiary/aromatic N) is 4. The van der Waals surface area contributed by atoms with Gasteiger partial charge in [0.2, 0.25) is 5.95 Å². The lowest BCUT2D eigenvalue weighted by Gasteiger charge is -2.08. The number of imidazole rings is 1. The summed E-state index contributed by atoms with van der Waals surface area (Å²) in [5, 5.41) is 1.63. The smallest absolute Gasteiger partial charge is 0.202 e. The summed E-state index contributed by atoms with van der Waals surface area (Å²) in [7, 11) is 0. The molecule has 0 aliphatic rings. The molecule has 0 amide bonds. The maximum absolute atomic E-state index is 6.25. The number of benzene rings is 1. The Bertz CT molecular complexity index is 1060. The summed E-state index contributed by atoms with van der Waals surface area (Å²) in [5.74, 6) is 0.614. The molecule has 0 fully saturated rings. The van der Waals surface area contributed by atoms with Crippen molar-refractivity contribution in [1.82, 2.24) is 24.5 Å². The number of H-pyrrole nitrogens is 1. The molecule has 0 aliphatic carbocycles. The van der Waals surface area contributed by atoms with Gasteiger partial charge in [-0.05, 0) is 23.8 Å². The molecule has 4 aromatic rings. The van der Waals surface area contributed by atoms with E-state index in [1.165, 1.54) is 6.33 Å². The molecule has 7 N–H and O–H groups in total. The number of nitrogens with one attached hydrogen (secondary N) is 1. The van der Waals surface area contributed by atoms with Gasteiger partial charge in [-0.3, -0.25) is 4.57 Å². The molecule has 0 bridgehead atoms. The number of fused-ring (bicyclic) bond motifs is 2. The fourth-order valence-corrected chi connectivity index (χ4v) is 3.12. The maximum Gasteiger partial charge on any atom is 0.202 e. The second-order valence-electron chi connectivity index (χ2n) is 5.52. The van der Waals surface area contributed by atoms with Crippen molar-refractivity contribution in [3.05, 3.63) is 40.8 Å². The maximum atomic E-state index is 6.25. The molecule has 3 heterocycles. The number of aromatic amines is 1. The monoisotopic (exact) mass is 342 g/mol.